The summed E-state index contributed by atoms with van der Waals surface area (Å²) in [7, 11) is -0.416. The van der Waals surface area contributed by atoms with Gasteiger partial charge in [-0.3, -0.25) is 9.13 Å². The van der Waals surface area contributed by atoms with Crippen LogP contribution in [0.4, 0.5) is 8.78 Å². The smallest absolute Gasteiger partial charge is 0.399 e. The first kappa shape index (κ1) is 43.1. The number of aryl methyl sites for hydroxylation is 6. The molecular weight excluding hydrogens is 893 g/mol. The molecule has 1 fully saturated rings. The second-order valence-electron chi connectivity index (χ2n) is 17.1. The van der Waals surface area contributed by atoms with E-state index in [1.807, 2.05) is 53.7 Å². The van der Waals surface area contributed by atoms with E-state index in [2.05, 4.69) is 71.5 Å². The third-order valence-electron chi connectivity index (χ3n) is 12.5. The summed E-state index contributed by atoms with van der Waals surface area (Å²) in [6, 6.07) is 10.1. The van der Waals surface area contributed by atoms with Gasteiger partial charge in [0.25, 0.3) is 0 Å². The fourth-order valence-electron chi connectivity index (χ4n) is 8.58. The molecule has 62 heavy (non-hydrogen) atoms. The van der Waals surface area contributed by atoms with Gasteiger partial charge in [0.1, 0.15) is 46.5 Å². The Morgan fingerprint density at radius 1 is 0.661 bits per heavy atom. The Morgan fingerprint density at radius 2 is 1.18 bits per heavy atom. The van der Waals surface area contributed by atoms with Gasteiger partial charge in [-0.1, -0.05) is 24.3 Å². The van der Waals surface area contributed by atoms with Gasteiger partial charge in [-0.05, 0) is 155 Å². The fourth-order valence-corrected chi connectivity index (χ4v) is 11.6. The van der Waals surface area contributed by atoms with E-state index >= 15 is 0 Å². The molecule has 322 valence electrons. The van der Waals surface area contributed by atoms with E-state index in [0.717, 1.165) is 86.2 Å². The summed E-state index contributed by atoms with van der Waals surface area (Å²) in [5.74, 6) is 3.08. The Bertz CT molecular complexity index is 2770. The molecule has 0 N–H and O–H groups in total. The molecule has 0 spiro atoms. The molecule has 7 heterocycles. The minimum absolute atomic E-state index is 0.191. The van der Waals surface area contributed by atoms with Gasteiger partial charge in [-0.25, -0.2) is 8.78 Å². The molecule has 4 aromatic heterocycles. The van der Waals surface area contributed by atoms with Crippen molar-refractivity contribution in [2.75, 3.05) is 0 Å². The highest BCUT2D eigenvalue weighted by Gasteiger charge is 2.53. The third kappa shape index (κ3) is 7.79. The number of fused-ring (bicyclic) bond motifs is 8. The lowest BCUT2D eigenvalue weighted by molar-refractivity contribution is 0.00578. The standard InChI is InChI=1S/C20H18FN3OS.C16H20BFO2.C10H10BrN3OS/c1-11-19(15-5-3-4-13-6-7-14(21)8-16(13)15)17-9-25-10-18-23-22-12(2)24(18)20(17)26-11;1-15(2)16(3,4)20-17(19-15)14-7-5-6-11-8-9-12(18)10-13(11)14;1-5-9(11)7-3-15-4-8-13-12-6(2)14(8)10(7)16-5/h5-8H,3-4,9-10H2,1-2H3;7-10H,5-6H2,1-4H3;3-4H2,1-2H3. The van der Waals surface area contributed by atoms with Gasteiger partial charge in [0.15, 0.2) is 11.6 Å². The van der Waals surface area contributed by atoms with Crippen molar-refractivity contribution < 1.29 is 27.6 Å². The van der Waals surface area contributed by atoms with E-state index in [4.69, 9.17) is 18.8 Å². The largest absolute Gasteiger partial charge is 0.495 e. The molecule has 2 aromatic carbocycles. The molecule has 10 nitrogen and oxygen atoms in total. The van der Waals surface area contributed by atoms with E-state index < -0.39 is 7.12 Å². The van der Waals surface area contributed by atoms with Crippen LogP contribution >= 0.6 is 38.6 Å². The molecule has 11 rings (SSSR count). The van der Waals surface area contributed by atoms with Gasteiger partial charge in [0.05, 0.1) is 24.4 Å². The Labute approximate surface area is 377 Å². The molecule has 5 aliphatic rings. The summed E-state index contributed by atoms with van der Waals surface area (Å²) in [5, 5.41) is 19.0. The second-order valence-corrected chi connectivity index (χ2v) is 20.3. The predicted molar refractivity (Wildman–Crippen MR) is 243 cm³/mol. The van der Waals surface area contributed by atoms with Crippen molar-refractivity contribution in [3.63, 3.8) is 0 Å². The highest BCUT2D eigenvalue weighted by atomic mass is 79.9. The van der Waals surface area contributed by atoms with Gasteiger partial charge in [-0.2, -0.15) is 0 Å². The summed E-state index contributed by atoms with van der Waals surface area (Å²) >= 11 is 7.09. The van der Waals surface area contributed by atoms with Crippen LogP contribution in [0.1, 0.15) is 113 Å². The zero-order chi connectivity index (χ0) is 43.7. The van der Waals surface area contributed by atoms with Crippen molar-refractivity contribution >= 4 is 56.8 Å². The number of halogens is 3. The summed E-state index contributed by atoms with van der Waals surface area (Å²) in [5.41, 5.74) is 9.17. The quantitative estimate of drug-likeness (QED) is 0.158. The van der Waals surface area contributed by atoms with Gasteiger partial charge >= 0.3 is 7.12 Å². The molecule has 1 saturated heterocycles. The Balaban J connectivity index is 0.000000122. The first-order chi connectivity index (χ1) is 29.6. The fraction of sp³-hybridized carbons (Fsp3) is 0.391. The van der Waals surface area contributed by atoms with Crippen molar-refractivity contribution in [2.24, 2.45) is 0 Å². The number of hydrogen-bond donors (Lipinski definition) is 0. The molecule has 0 unspecified atom stereocenters. The molecular formula is C46H48BBrF2N6O4S2. The average molecular weight is 942 g/mol. The molecule has 6 aromatic rings. The van der Waals surface area contributed by atoms with Crippen molar-refractivity contribution in [1.29, 1.82) is 0 Å². The average Bonchev–Trinajstić information content (AvgIpc) is 3.94. The zero-order valence-electron chi connectivity index (χ0n) is 36.1. The van der Waals surface area contributed by atoms with Crippen molar-refractivity contribution in [3.8, 4) is 10.0 Å². The van der Waals surface area contributed by atoms with Crippen LogP contribution in [0.2, 0.25) is 0 Å². The minimum Gasteiger partial charge on any atom is -0.399 e. The van der Waals surface area contributed by atoms with Crippen LogP contribution in [0.15, 0.2) is 53.0 Å². The van der Waals surface area contributed by atoms with Gasteiger partial charge in [-0.15, -0.1) is 43.1 Å². The lowest BCUT2D eigenvalue weighted by Crippen LogP contribution is -2.41. The van der Waals surface area contributed by atoms with Crippen LogP contribution in [-0.4, -0.2) is 47.8 Å². The third-order valence-corrected chi connectivity index (χ3v) is 16.1. The molecule has 0 atom stereocenters. The number of benzene rings is 2. The maximum atomic E-state index is 14.0. The van der Waals surface area contributed by atoms with Crippen LogP contribution in [0.25, 0.3) is 21.0 Å². The predicted octanol–water partition coefficient (Wildman–Crippen LogP) is 11.0. The topological polar surface area (TPSA) is 98.3 Å². The van der Waals surface area contributed by atoms with Crippen LogP contribution in [0.3, 0.4) is 0 Å². The van der Waals surface area contributed by atoms with Gasteiger partial charge in [0.2, 0.25) is 0 Å². The number of nitrogens with zero attached hydrogens (tertiary/aromatic N) is 6. The number of allylic oxidation sites excluding steroid dienone is 2. The molecule has 0 saturated carbocycles. The first-order valence-electron chi connectivity index (χ1n) is 20.8. The Hall–Kier alpha value is -4.16. The van der Waals surface area contributed by atoms with Crippen molar-refractivity contribution in [1.82, 2.24) is 29.5 Å². The van der Waals surface area contributed by atoms with Crippen LogP contribution in [0.5, 0.6) is 0 Å². The van der Waals surface area contributed by atoms with Crippen LogP contribution in [-0.2, 0) is 58.1 Å². The van der Waals surface area contributed by atoms with Gasteiger partial charge < -0.3 is 18.8 Å². The van der Waals surface area contributed by atoms with Crippen molar-refractivity contribution in [2.45, 2.75) is 119 Å². The van der Waals surface area contributed by atoms with E-state index in [1.54, 1.807) is 40.9 Å². The lowest BCUT2D eigenvalue weighted by atomic mass is 9.69. The number of hydrogen-bond acceptors (Lipinski definition) is 10. The van der Waals surface area contributed by atoms with E-state index in [0.29, 0.717) is 26.4 Å². The number of ether oxygens (including phenoxy) is 2. The van der Waals surface area contributed by atoms with E-state index in [9.17, 15) is 8.78 Å². The number of aromatic nitrogens is 6. The molecule has 2 aliphatic carbocycles. The van der Waals surface area contributed by atoms with Crippen LogP contribution < -0.4 is 0 Å². The highest BCUT2D eigenvalue weighted by Crippen LogP contribution is 2.45. The highest BCUT2D eigenvalue weighted by molar-refractivity contribution is 9.10. The van der Waals surface area contributed by atoms with Gasteiger partial charge in [0, 0.05) is 30.9 Å². The normalized spacial score (nSPS) is 17.9. The monoisotopic (exact) mass is 940 g/mol. The summed E-state index contributed by atoms with van der Waals surface area (Å²) in [6.45, 7) is 18.4. The summed E-state index contributed by atoms with van der Waals surface area (Å²) in [6.07, 6.45) is 8.16. The zero-order valence-corrected chi connectivity index (χ0v) is 39.3. The SMILES string of the molecule is CC1(C)OB(C2=CCCc3ccc(F)cc32)OC1(C)C.Cc1sc2c(c1Br)COCc1nnc(C)n1-2.Cc1sc2c(c1C1=CCCc3ccc(F)cc31)COCc1nnc(C)n1-2. The van der Waals surface area contributed by atoms with Crippen molar-refractivity contribution in [3.05, 3.63) is 137 Å². The summed E-state index contributed by atoms with van der Waals surface area (Å²) in [4.78, 5) is 2.47. The molecule has 0 amide bonds. The maximum Gasteiger partial charge on any atom is 0.495 e. The molecule has 0 bridgehead atoms. The molecule has 3 aliphatic heterocycles. The minimum atomic E-state index is -0.416. The van der Waals surface area contributed by atoms with E-state index in [1.165, 1.54) is 43.1 Å². The molecule has 16 heteroatoms. The lowest BCUT2D eigenvalue weighted by Gasteiger charge is -2.32. The Morgan fingerprint density at radius 3 is 1.79 bits per heavy atom. The first-order valence-corrected chi connectivity index (χ1v) is 23.3. The Kier molecular flexibility index (Phi) is 11.7. The number of rotatable bonds is 2. The summed E-state index contributed by atoms with van der Waals surface area (Å²) < 4.78 is 56.5. The number of thiophene rings is 2. The molecule has 0 radical (unpaired) electrons. The van der Waals surface area contributed by atoms with Crippen LogP contribution in [0, 0.1) is 39.3 Å². The maximum absolute atomic E-state index is 14.0. The van der Waals surface area contributed by atoms with E-state index in [-0.39, 0.29) is 22.8 Å². The second kappa shape index (κ2) is 16.8.